The zero-order valence-electron chi connectivity index (χ0n) is 9.47. The van der Waals surface area contributed by atoms with Crippen LogP contribution in [0.5, 0.6) is 0 Å². The van der Waals surface area contributed by atoms with E-state index in [4.69, 9.17) is 0 Å². The quantitative estimate of drug-likeness (QED) is 0.612. The van der Waals surface area contributed by atoms with Gasteiger partial charge in [-0.2, -0.15) is 0 Å². The van der Waals surface area contributed by atoms with E-state index in [1.165, 1.54) is 30.6 Å². The lowest BCUT2D eigenvalue weighted by Gasteiger charge is -2.02. The van der Waals surface area contributed by atoms with E-state index in [1.54, 1.807) is 18.2 Å². The number of nitrogens with zero attached hydrogens (tertiary/aromatic N) is 1. The van der Waals surface area contributed by atoms with Crippen molar-refractivity contribution in [2.75, 3.05) is 0 Å². The first-order valence-corrected chi connectivity index (χ1v) is 5.39. The third kappa shape index (κ3) is 2.66. The van der Waals surface area contributed by atoms with Gasteiger partial charge >= 0.3 is 0 Å². The number of Topliss-reactive ketones (excluding diaryl/α,β-unsaturated/α-hetero) is 2. The van der Waals surface area contributed by atoms with Crippen molar-refractivity contribution in [3.63, 3.8) is 0 Å². The molecule has 0 fully saturated rings. The Hall–Kier alpha value is -2.36. The molecule has 0 amide bonds. The number of halogens is 1. The van der Waals surface area contributed by atoms with Gasteiger partial charge in [-0.1, -0.05) is 12.1 Å². The zero-order chi connectivity index (χ0) is 13.0. The van der Waals surface area contributed by atoms with Crippen LogP contribution in [-0.2, 0) is 0 Å². The molecule has 0 N–H and O–H groups in total. The van der Waals surface area contributed by atoms with Crippen LogP contribution in [0.2, 0.25) is 0 Å². The Morgan fingerprint density at radius 1 is 1.06 bits per heavy atom. The number of rotatable bonds is 4. The van der Waals surface area contributed by atoms with E-state index in [1.807, 2.05) is 0 Å². The summed E-state index contributed by atoms with van der Waals surface area (Å²) in [5, 5.41) is 0. The van der Waals surface area contributed by atoms with Gasteiger partial charge in [-0.05, 0) is 24.3 Å². The predicted molar refractivity (Wildman–Crippen MR) is 63.9 cm³/mol. The second-order valence-electron chi connectivity index (χ2n) is 3.74. The van der Waals surface area contributed by atoms with Gasteiger partial charge in [0.25, 0.3) is 0 Å². The van der Waals surface area contributed by atoms with Gasteiger partial charge in [0, 0.05) is 18.0 Å². The van der Waals surface area contributed by atoms with E-state index in [9.17, 15) is 14.0 Å². The number of ketones is 2. The van der Waals surface area contributed by atoms with Crippen molar-refractivity contribution in [1.29, 1.82) is 0 Å². The molecule has 0 bridgehead atoms. The lowest BCUT2D eigenvalue weighted by Crippen LogP contribution is -2.10. The number of benzene rings is 1. The maximum absolute atomic E-state index is 13.3. The smallest absolute Gasteiger partial charge is 0.173 e. The van der Waals surface area contributed by atoms with Crippen LogP contribution in [0.3, 0.4) is 0 Å². The lowest BCUT2D eigenvalue weighted by atomic mass is 10.0. The van der Waals surface area contributed by atoms with Gasteiger partial charge in [0.2, 0.25) is 0 Å². The van der Waals surface area contributed by atoms with Gasteiger partial charge in [-0.15, -0.1) is 0 Å². The molecule has 0 radical (unpaired) electrons. The summed E-state index contributed by atoms with van der Waals surface area (Å²) in [6.07, 6.45) is 2.57. The maximum Gasteiger partial charge on any atom is 0.173 e. The van der Waals surface area contributed by atoms with Gasteiger partial charge in [-0.25, -0.2) is 4.39 Å². The fourth-order valence-electron chi connectivity index (χ4n) is 1.56. The Balaban J connectivity index is 2.14. The molecule has 90 valence electrons. The highest BCUT2D eigenvalue weighted by molar-refractivity contribution is 6.13. The Labute approximate surface area is 103 Å². The molecule has 0 saturated heterocycles. The van der Waals surface area contributed by atoms with Gasteiger partial charge in [0.05, 0.1) is 12.0 Å². The van der Waals surface area contributed by atoms with Crippen LogP contribution in [0.4, 0.5) is 4.39 Å². The van der Waals surface area contributed by atoms with E-state index < -0.39 is 11.6 Å². The minimum atomic E-state index is -0.610. The number of hydrogen-bond acceptors (Lipinski definition) is 3. The topological polar surface area (TPSA) is 47.0 Å². The molecule has 1 aromatic heterocycles. The summed E-state index contributed by atoms with van der Waals surface area (Å²) >= 11 is 0. The first kappa shape index (κ1) is 12.1. The molecule has 1 aromatic carbocycles. The van der Waals surface area contributed by atoms with E-state index in [2.05, 4.69) is 4.98 Å². The van der Waals surface area contributed by atoms with E-state index in [-0.39, 0.29) is 17.8 Å². The predicted octanol–water partition coefficient (Wildman–Crippen LogP) is 2.68. The highest BCUT2D eigenvalue weighted by atomic mass is 19.1. The Kier molecular flexibility index (Phi) is 3.57. The van der Waals surface area contributed by atoms with Crippen molar-refractivity contribution in [3.8, 4) is 0 Å². The number of carbonyl (C=O) groups excluding carboxylic acids is 2. The molecule has 1 heterocycles. The van der Waals surface area contributed by atoms with Crippen molar-refractivity contribution in [2.24, 2.45) is 0 Å². The summed E-state index contributed by atoms with van der Waals surface area (Å²) < 4.78 is 13.3. The molecule has 0 aliphatic carbocycles. The summed E-state index contributed by atoms with van der Waals surface area (Å²) in [7, 11) is 0. The molecule has 2 rings (SSSR count). The molecular formula is C14H10FNO2. The van der Waals surface area contributed by atoms with E-state index >= 15 is 0 Å². The fraction of sp³-hybridized carbons (Fsp3) is 0.0714. The van der Waals surface area contributed by atoms with Crippen LogP contribution in [0.25, 0.3) is 0 Å². The van der Waals surface area contributed by atoms with Crippen molar-refractivity contribution < 1.29 is 14.0 Å². The number of carbonyl (C=O) groups is 2. The van der Waals surface area contributed by atoms with E-state index in [0.29, 0.717) is 5.56 Å². The van der Waals surface area contributed by atoms with Gasteiger partial charge in [0.15, 0.2) is 11.6 Å². The van der Waals surface area contributed by atoms with Crippen LogP contribution in [0.15, 0.2) is 48.8 Å². The summed E-state index contributed by atoms with van der Waals surface area (Å²) in [6.45, 7) is 0. The van der Waals surface area contributed by atoms with Crippen LogP contribution < -0.4 is 0 Å². The highest BCUT2D eigenvalue weighted by Crippen LogP contribution is 2.11. The molecule has 2 aromatic rings. The van der Waals surface area contributed by atoms with Crippen molar-refractivity contribution >= 4 is 11.6 Å². The van der Waals surface area contributed by atoms with Crippen LogP contribution in [0.1, 0.15) is 27.1 Å². The molecule has 0 atom stereocenters. The highest BCUT2D eigenvalue weighted by Gasteiger charge is 2.16. The Morgan fingerprint density at radius 3 is 2.50 bits per heavy atom. The molecule has 0 spiro atoms. The third-order valence-electron chi connectivity index (χ3n) is 2.48. The Morgan fingerprint density at radius 2 is 1.83 bits per heavy atom. The average molecular weight is 243 g/mol. The average Bonchev–Trinajstić information content (AvgIpc) is 2.40. The standard InChI is InChI=1S/C14H10FNO2/c15-12-6-2-1-5-11(12)14(18)8-13(17)10-4-3-7-16-9-10/h1-7,9H,8H2. The number of pyridine rings is 1. The SMILES string of the molecule is O=C(CC(=O)c1ccccc1F)c1cccnc1. The third-order valence-corrected chi connectivity index (χ3v) is 2.48. The minimum absolute atomic E-state index is 0.0604. The monoisotopic (exact) mass is 243 g/mol. The maximum atomic E-state index is 13.3. The molecule has 3 nitrogen and oxygen atoms in total. The van der Waals surface area contributed by atoms with Crippen LogP contribution in [0, 0.1) is 5.82 Å². The summed E-state index contributed by atoms with van der Waals surface area (Å²) in [4.78, 5) is 27.3. The van der Waals surface area contributed by atoms with Crippen molar-refractivity contribution in [3.05, 3.63) is 65.7 Å². The summed E-state index contributed by atoms with van der Waals surface area (Å²) in [5.74, 6) is -1.50. The molecule has 4 heteroatoms. The van der Waals surface area contributed by atoms with Gasteiger partial charge < -0.3 is 0 Å². The van der Waals surface area contributed by atoms with Crippen molar-refractivity contribution in [1.82, 2.24) is 4.98 Å². The molecule has 0 unspecified atom stereocenters. The lowest BCUT2D eigenvalue weighted by molar-refractivity contribution is 0.0892. The van der Waals surface area contributed by atoms with Crippen LogP contribution in [-0.4, -0.2) is 16.6 Å². The second kappa shape index (κ2) is 5.31. The molecule has 0 saturated carbocycles. The molecule has 18 heavy (non-hydrogen) atoms. The van der Waals surface area contributed by atoms with E-state index in [0.717, 1.165) is 0 Å². The second-order valence-corrected chi connectivity index (χ2v) is 3.74. The van der Waals surface area contributed by atoms with Gasteiger partial charge in [-0.3, -0.25) is 14.6 Å². The zero-order valence-corrected chi connectivity index (χ0v) is 9.47. The molecule has 0 aliphatic heterocycles. The summed E-state index contributed by atoms with van der Waals surface area (Å²) in [5.41, 5.74) is 0.289. The largest absolute Gasteiger partial charge is 0.294 e. The van der Waals surface area contributed by atoms with Crippen molar-refractivity contribution in [2.45, 2.75) is 6.42 Å². The molecular weight excluding hydrogens is 233 g/mol. The normalized spacial score (nSPS) is 10.1. The van der Waals surface area contributed by atoms with Gasteiger partial charge in [0.1, 0.15) is 5.82 Å². The first-order valence-electron chi connectivity index (χ1n) is 5.39. The fourth-order valence-corrected chi connectivity index (χ4v) is 1.56. The Bertz CT molecular complexity index is 581. The summed E-state index contributed by atoms with van der Waals surface area (Å²) in [6, 6.07) is 8.81. The number of aromatic nitrogens is 1. The minimum Gasteiger partial charge on any atom is -0.294 e. The number of hydrogen-bond donors (Lipinski definition) is 0. The first-order chi connectivity index (χ1) is 8.68. The van der Waals surface area contributed by atoms with Crippen LogP contribution >= 0.6 is 0 Å². The molecule has 0 aliphatic rings.